The van der Waals surface area contributed by atoms with Gasteiger partial charge in [-0.25, -0.2) is 0 Å². The fraction of sp³-hybridized carbons (Fsp3) is 0.533. The molecule has 0 bridgehead atoms. The van der Waals surface area contributed by atoms with Crippen LogP contribution in [0.4, 0.5) is 0 Å². The summed E-state index contributed by atoms with van der Waals surface area (Å²) < 4.78 is 11.0. The molecule has 0 N–H and O–H groups in total. The summed E-state index contributed by atoms with van der Waals surface area (Å²) in [6.07, 6.45) is 0.834. The maximum Gasteiger partial charge on any atom is 0.248 e. The highest BCUT2D eigenvalue weighted by Crippen LogP contribution is 2.23. The molecule has 5 heteroatoms. The topological polar surface area (TPSA) is 38.8 Å². The minimum atomic E-state index is -0.0869. The van der Waals surface area contributed by atoms with Gasteiger partial charge in [-0.2, -0.15) is 0 Å². The number of hydrogen-bond acceptors (Lipinski definition) is 3. The van der Waals surface area contributed by atoms with Crippen molar-refractivity contribution in [3.05, 3.63) is 34.9 Å². The number of ether oxygens (including phenoxy) is 2. The van der Waals surface area contributed by atoms with E-state index in [9.17, 15) is 4.79 Å². The predicted octanol–water partition coefficient (Wildman–Crippen LogP) is 2.67. The molecule has 0 unspecified atom stereocenters. The van der Waals surface area contributed by atoms with Crippen molar-refractivity contribution in [1.29, 1.82) is 0 Å². The molecule has 1 aliphatic heterocycles. The number of morpholine rings is 1. The first-order chi connectivity index (χ1) is 9.70. The van der Waals surface area contributed by atoms with E-state index in [1.807, 2.05) is 31.2 Å². The van der Waals surface area contributed by atoms with Crippen LogP contribution in [0.1, 0.15) is 25.0 Å². The first-order valence-electron chi connectivity index (χ1n) is 6.93. The van der Waals surface area contributed by atoms with Crippen LogP contribution >= 0.6 is 11.6 Å². The molecule has 1 amide bonds. The Morgan fingerprint density at radius 2 is 2.20 bits per heavy atom. The standard InChI is InChI=1S/C15H20ClNO3/c1-2-8-19-11-15(18)17-7-9-20-14(10-17)12-3-5-13(16)6-4-12/h3-6,14H,2,7-11H2,1H3/t14-/m1/s1. The second-order valence-electron chi connectivity index (χ2n) is 4.80. The molecule has 2 rings (SSSR count). The summed E-state index contributed by atoms with van der Waals surface area (Å²) in [4.78, 5) is 13.8. The highest BCUT2D eigenvalue weighted by Gasteiger charge is 2.25. The number of hydrogen-bond donors (Lipinski definition) is 0. The number of carbonyl (C=O) groups is 1. The van der Waals surface area contributed by atoms with Crippen LogP contribution < -0.4 is 0 Å². The summed E-state index contributed by atoms with van der Waals surface area (Å²) in [5, 5.41) is 0.699. The van der Waals surface area contributed by atoms with Crippen LogP contribution in [-0.2, 0) is 14.3 Å². The van der Waals surface area contributed by atoms with Gasteiger partial charge in [-0.3, -0.25) is 4.79 Å². The summed E-state index contributed by atoms with van der Waals surface area (Å²) in [6.45, 7) is 4.54. The quantitative estimate of drug-likeness (QED) is 0.784. The van der Waals surface area contributed by atoms with Gasteiger partial charge < -0.3 is 14.4 Å². The molecular weight excluding hydrogens is 278 g/mol. The lowest BCUT2D eigenvalue weighted by Crippen LogP contribution is -2.43. The van der Waals surface area contributed by atoms with E-state index >= 15 is 0 Å². The Balaban J connectivity index is 1.91. The van der Waals surface area contributed by atoms with Crippen LogP contribution in [0.25, 0.3) is 0 Å². The number of carbonyl (C=O) groups excluding carboxylic acids is 1. The van der Waals surface area contributed by atoms with E-state index in [1.165, 1.54) is 0 Å². The fourth-order valence-electron chi connectivity index (χ4n) is 2.15. The molecule has 0 radical (unpaired) electrons. The highest BCUT2D eigenvalue weighted by molar-refractivity contribution is 6.30. The normalized spacial score (nSPS) is 19.1. The molecule has 1 aromatic rings. The van der Waals surface area contributed by atoms with E-state index in [0.717, 1.165) is 12.0 Å². The number of benzene rings is 1. The zero-order valence-corrected chi connectivity index (χ0v) is 12.4. The molecule has 0 aromatic heterocycles. The largest absolute Gasteiger partial charge is 0.372 e. The second kappa shape index (κ2) is 7.62. The maximum absolute atomic E-state index is 12.0. The smallest absolute Gasteiger partial charge is 0.248 e. The zero-order chi connectivity index (χ0) is 14.4. The Kier molecular flexibility index (Phi) is 5.83. The first-order valence-corrected chi connectivity index (χ1v) is 7.31. The average molecular weight is 298 g/mol. The van der Waals surface area contributed by atoms with Gasteiger partial charge in [0.2, 0.25) is 5.91 Å². The third-order valence-corrected chi connectivity index (χ3v) is 3.49. The molecule has 0 spiro atoms. The van der Waals surface area contributed by atoms with E-state index in [1.54, 1.807) is 4.90 Å². The van der Waals surface area contributed by atoms with Gasteiger partial charge in [-0.15, -0.1) is 0 Å². The van der Waals surface area contributed by atoms with Crippen LogP contribution in [0.5, 0.6) is 0 Å². The van der Waals surface area contributed by atoms with E-state index in [4.69, 9.17) is 21.1 Å². The van der Waals surface area contributed by atoms with Crippen LogP contribution in [0.15, 0.2) is 24.3 Å². The third kappa shape index (κ3) is 4.20. The zero-order valence-electron chi connectivity index (χ0n) is 11.7. The highest BCUT2D eigenvalue weighted by atomic mass is 35.5. The van der Waals surface area contributed by atoms with Crippen LogP contribution in [0.3, 0.4) is 0 Å². The van der Waals surface area contributed by atoms with Crippen molar-refractivity contribution in [3.63, 3.8) is 0 Å². The maximum atomic E-state index is 12.0. The average Bonchev–Trinajstić information content (AvgIpc) is 2.48. The number of halogens is 1. The van der Waals surface area contributed by atoms with Crippen LogP contribution in [-0.4, -0.2) is 43.7 Å². The van der Waals surface area contributed by atoms with Gasteiger partial charge in [0.25, 0.3) is 0 Å². The third-order valence-electron chi connectivity index (χ3n) is 3.23. The van der Waals surface area contributed by atoms with E-state index in [2.05, 4.69) is 0 Å². The molecule has 110 valence electrons. The van der Waals surface area contributed by atoms with Crippen molar-refractivity contribution in [1.82, 2.24) is 4.90 Å². The van der Waals surface area contributed by atoms with E-state index in [-0.39, 0.29) is 18.6 Å². The Labute approximate surface area is 124 Å². The number of rotatable bonds is 5. The van der Waals surface area contributed by atoms with Crippen molar-refractivity contribution >= 4 is 17.5 Å². The van der Waals surface area contributed by atoms with Gasteiger partial charge in [0.1, 0.15) is 12.7 Å². The summed E-state index contributed by atoms with van der Waals surface area (Å²) in [6, 6.07) is 7.56. The van der Waals surface area contributed by atoms with Crippen molar-refractivity contribution < 1.29 is 14.3 Å². The fourth-order valence-corrected chi connectivity index (χ4v) is 2.28. The SMILES string of the molecule is CCCOCC(=O)N1CCO[C@@H](c2ccc(Cl)cc2)C1. The Hall–Kier alpha value is -1.10. The molecule has 1 fully saturated rings. The predicted molar refractivity (Wildman–Crippen MR) is 77.8 cm³/mol. The lowest BCUT2D eigenvalue weighted by molar-refractivity contribution is -0.143. The summed E-state index contributed by atoms with van der Waals surface area (Å²) in [5.41, 5.74) is 1.04. The summed E-state index contributed by atoms with van der Waals surface area (Å²) in [5.74, 6) is 0.0284. The van der Waals surface area contributed by atoms with Crippen molar-refractivity contribution in [2.45, 2.75) is 19.4 Å². The second-order valence-corrected chi connectivity index (χ2v) is 5.24. The van der Waals surface area contributed by atoms with Crippen molar-refractivity contribution in [2.75, 3.05) is 32.9 Å². The van der Waals surface area contributed by atoms with Crippen molar-refractivity contribution in [2.24, 2.45) is 0 Å². The minimum absolute atomic E-state index is 0.0284. The molecule has 1 saturated heterocycles. The molecule has 0 aliphatic carbocycles. The van der Waals surface area contributed by atoms with Crippen LogP contribution in [0.2, 0.25) is 5.02 Å². The van der Waals surface area contributed by atoms with Gasteiger partial charge in [0.05, 0.1) is 13.2 Å². The number of nitrogens with zero attached hydrogens (tertiary/aromatic N) is 1. The van der Waals surface area contributed by atoms with Gasteiger partial charge in [0.15, 0.2) is 0 Å². The molecule has 0 saturated carbocycles. The van der Waals surface area contributed by atoms with Gasteiger partial charge in [-0.05, 0) is 24.1 Å². The molecule has 1 aromatic carbocycles. The Bertz CT molecular complexity index is 435. The Morgan fingerprint density at radius 1 is 1.45 bits per heavy atom. The van der Waals surface area contributed by atoms with E-state index < -0.39 is 0 Å². The summed E-state index contributed by atoms with van der Waals surface area (Å²) in [7, 11) is 0. The number of amides is 1. The molecule has 1 atom stereocenters. The van der Waals surface area contributed by atoms with E-state index in [0.29, 0.717) is 31.3 Å². The molecule has 1 heterocycles. The molecular formula is C15H20ClNO3. The Morgan fingerprint density at radius 3 is 2.90 bits per heavy atom. The minimum Gasteiger partial charge on any atom is -0.372 e. The van der Waals surface area contributed by atoms with Gasteiger partial charge >= 0.3 is 0 Å². The summed E-state index contributed by atoms with van der Waals surface area (Å²) >= 11 is 5.88. The van der Waals surface area contributed by atoms with Crippen molar-refractivity contribution in [3.8, 4) is 0 Å². The molecule has 1 aliphatic rings. The molecule has 4 nitrogen and oxygen atoms in total. The van der Waals surface area contributed by atoms with Crippen LogP contribution in [0, 0.1) is 0 Å². The first kappa shape index (κ1) is 15.3. The lowest BCUT2D eigenvalue weighted by Gasteiger charge is -2.33. The van der Waals surface area contributed by atoms with Gasteiger partial charge in [0, 0.05) is 18.2 Å². The van der Waals surface area contributed by atoms with Gasteiger partial charge in [-0.1, -0.05) is 30.7 Å². The molecule has 20 heavy (non-hydrogen) atoms. The monoisotopic (exact) mass is 297 g/mol. The lowest BCUT2D eigenvalue weighted by atomic mass is 10.1.